The molecule has 1 N–H and O–H groups in total. The first-order valence-electron chi connectivity index (χ1n) is 6.64. The number of aromatic nitrogens is 2. The van der Waals surface area contributed by atoms with Gasteiger partial charge < -0.3 is 14.8 Å². The molecule has 0 radical (unpaired) electrons. The minimum Gasteiger partial charge on any atom is -0.493 e. The van der Waals surface area contributed by atoms with Crippen LogP contribution in [0.5, 0.6) is 11.5 Å². The molecule has 0 fully saturated rings. The minimum absolute atomic E-state index is 0.728. The molecule has 0 aliphatic carbocycles. The van der Waals surface area contributed by atoms with Crippen molar-refractivity contribution in [2.24, 2.45) is 7.05 Å². The molecule has 5 nitrogen and oxygen atoms in total. The number of hydrogen-bond acceptors (Lipinski definition) is 4. The highest BCUT2D eigenvalue weighted by molar-refractivity contribution is 5.70. The van der Waals surface area contributed by atoms with Crippen LogP contribution in [0, 0.1) is 0 Å². The van der Waals surface area contributed by atoms with Gasteiger partial charge in [-0.2, -0.15) is 5.10 Å². The smallest absolute Gasteiger partial charge is 0.161 e. The average molecular weight is 275 g/mol. The first-order valence-corrected chi connectivity index (χ1v) is 6.64. The summed E-state index contributed by atoms with van der Waals surface area (Å²) < 4.78 is 12.6. The van der Waals surface area contributed by atoms with Gasteiger partial charge in [0.2, 0.25) is 0 Å². The zero-order valence-electron chi connectivity index (χ0n) is 12.4. The van der Waals surface area contributed by atoms with Crippen LogP contribution < -0.4 is 14.8 Å². The fourth-order valence-electron chi connectivity index (χ4n) is 2.16. The molecule has 2 rings (SSSR count). The lowest BCUT2D eigenvalue weighted by Crippen LogP contribution is -2.12. The molecule has 20 heavy (non-hydrogen) atoms. The average Bonchev–Trinajstić information content (AvgIpc) is 2.90. The predicted molar refractivity (Wildman–Crippen MR) is 79.1 cm³/mol. The summed E-state index contributed by atoms with van der Waals surface area (Å²) in [6, 6.07) is 4.02. The Balaban J connectivity index is 2.50. The van der Waals surface area contributed by atoms with Crippen molar-refractivity contribution in [2.45, 2.75) is 13.5 Å². The fraction of sp³-hybridized carbons (Fsp3) is 0.400. The van der Waals surface area contributed by atoms with Crippen LogP contribution in [0.25, 0.3) is 11.1 Å². The summed E-state index contributed by atoms with van der Waals surface area (Å²) in [5.74, 6) is 1.47. The van der Waals surface area contributed by atoms with E-state index in [0.717, 1.165) is 41.3 Å². The second kappa shape index (κ2) is 6.43. The Morgan fingerprint density at radius 3 is 2.45 bits per heavy atom. The van der Waals surface area contributed by atoms with Crippen molar-refractivity contribution < 1.29 is 9.47 Å². The molecule has 1 aromatic heterocycles. The topological polar surface area (TPSA) is 48.3 Å². The molecule has 2 aromatic rings. The van der Waals surface area contributed by atoms with E-state index in [4.69, 9.17) is 9.47 Å². The SMILES string of the molecule is CCNCc1cc(OC)c(OC)cc1-c1cnn(C)c1. The van der Waals surface area contributed by atoms with Gasteiger partial charge in [0.05, 0.1) is 20.4 Å². The largest absolute Gasteiger partial charge is 0.493 e. The zero-order chi connectivity index (χ0) is 14.5. The number of methoxy groups -OCH3 is 2. The maximum Gasteiger partial charge on any atom is 0.161 e. The van der Waals surface area contributed by atoms with E-state index in [0.29, 0.717) is 0 Å². The van der Waals surface area contributed by atoms with E-state index in [1.54, 1.807) is 18.9 Å². The zero-order valence-corrected chi connectivity index (χ0v) is 12.4. The van der Waals surface area contributed by atoms with Crippen LogP contribution in [0.3, 0.4) is 0 Å². The molecule has 0 amide bonds. The van der Waals surface area contributed by atoms with E-state index >= 15 is 0 Å². The van der Waals surface area contributed by atoms with Crippen LogP contribution in [0.4, 0.5) is 0 Å². The maximum atomic E-state index is 5.39. The third-order valence-electron chi connectivity index (χ3n) is 3.19. The Morgan fingerprint density at radius 2 is 1.90 bits per heavy atom. The number of benzene rings is 1. The van der Waals surface area contributed by atoms with Crippen molar-refractivity contribution in [3.8, 4) is 22.6 Å². The summed E-state index contributed by atoms with van der Waals surface area (Å²) in [5.41, 5.74) is 3.34. The normalized spacial score (nSPS) is 10.6. The van der Waals surface area contributed by atoms with Gasteiger partial charge in [-0.05, 0) is 29.8 Å². The van der Waals surface area contributed by atoms with E-state index in [1.807, 2.05) is 31.6 Å². The Morgan fingerprint density at radius 1 is 1.20 bits per heavy atom. The summed E-state index contributed by atoms with van der Waals surface area (Å²) in [4.78, 5) is 0. The summed E-state index contributed by atoms with van der Waals surface area (Å²) in [6.07, 6.45) is 3.85. The van der Waals surface area contributed by atoms with Crippen LogP contribution in [0.1, 0.15) is 12.5 Å². The van der Waals surface area contributed by atoms with Gasteiger partial charge in [0.1, 0.15) is 0 Å². The number of nitrogens with zero attached hydrogens (tertiary/aromatic N) is 2. The molecule has 0 saturated carbocycles. The number of nitrogens with one attached hydrogen (secondary N) is 1. The molecule has 5 heteroatoms. The molecule has 0 aliphatic heterocycles. The van der Waals surface area contributed by atoms with Crippen molar-refractivity contribution >= 4 is 0 Å². The molecule has 1 aromatic carbocycles. The van der Waals surface area contributed by atoms with Gasteiger partial charge in [0, 0.05) is 25.4 Å². The van der Waals surface area contributed by atoms with Crippen LogP contribution >= 0.6 is 0 Å². The minimum atomic E-state index is 0.728. The Bertz CT molecular complexity index is 578. The van der Waals surface area contributed by atoms with Crippen molar-refractivity contribution in [2.75, 3.05) is 20.8 Å². The van der Waals surface area contributed by atoms with E-state index in [2.05, 4.69) is 17.3 Å². The van der Waals surface area contributed by atoms with Crippen molar-refractivity contribution in [1.29, 1.82) is 0 Å². The molecule has 0 aliphatic rings. The first-order chi connectivity index (χ1) is 9.69. The van der Waals surface area contributed by atoms with Gasteiger partial charge in [-0.25, -0.2) is 0 Å². The molecule has 0 atom stereocenters. The number of rotatable bonds is 6. The molecule has 0 unspecified atom stereocenters. The van der Waals surface area contributed by atoms with Gasteiger partial charge in [-0.15, -0.1) is 0 Å². The first kappa shape index (κ1) is 14.4. The van der Waals surface area contributed by atoms with Gasteiger partial charge >= 0.3 is 0 Å². The van der Waals surface area contributed by atoms with Gasteiger partial charge in [-0.3, -0.25) is 4.68 Å². The highest BCUT2D eigenvalue weighted by Gasteiger charge is 2.13. The summed E-state index contributed by atoms with van der Waals surface area (Å²) in [5, 5.41) is 7.58. The second-order valence-corrected chi connectivity index (χ2v) is 4.55. The summed E-state index contributed by atoms with van der Waals surface area (Å²) >= 11 is 0. The Labute approximate surface area is 119 Å². The van der Waals surface area contributed by atoms with E-state index < -0.39 is 0 Å². The third kappa shape index (κ3) is 2.93. The van der Waals surface area contributed by atoms with Crippen LogP contribution in [0.15, 0.2) is 24.5 Å². The lowest BCUT2D eigenvalue weighted by atomic mass is 10.0. The van der Waals surface area contributed by atoms with E-state index in [1.165, 1.54) is 0 Å². The van der Waals surface area contributed by atoms with Crippen LogP contribution in [-0.4, -0.2) is 30.5 Å². The van der Waals surface area contributed by atoms with Crippen molar-refractivity contribution in [3.05, 3.63) is 30.1 Å². The predicted octanol–water partition coefficient (Wildman–Crippen LogP) is 2.21. The quantitative estimate of drug-likeness (QED) is 0.878. The molecule has 108 valence electrons. The van der Waals surface area contributed by atoms with Gasteiger partial charge in [0.15, 0.2) is 11.5 Å². The molecule has 0 bridgehead atoms. The highest BCUT2D eigenvalue weighted by Crippen LogP contribution is 2.35. The van der Waals surface area contributed by atoms with Gasteiger partial charge in [-0.1, -0.05) is 6.92 Å². The summed E-state index contributed by atoms with van der Waals surface area (Å²) in [6.45, 7) is 3.78. The molecule has 0 saturated heterocycles. The third-order valence-corrected chi connectivity index (χ3v) is 3.19. The molecule has 0 spiro atoms. The van der Waals surface area contributed by atoms with Crippen molar-refractivity contribution in [3.63, 3.8) is 0 Å². The number of aryl methyl sites for hydroxylation is 1. The monoisotopic (exact) mass is 275 g/mol. The van der Waals surface area contributed by atoms with Crippen molar-refractivity contribution in [1.82, 2.24) is 15.1 Å². The molecular weight excluding hydrogens is 254 g/mol. The Kier molecular flexibility index (Phi) is 4.63. The van der Waals surface area contributed by atoms with E-state index in [9.17, 15) is 0 Å². The molecule has 1 heterocycles. The Hall–Kier alpha value is -2.01. The number of hydrogen-bond donors (Lipinski definition) is 1. The van der Waals surface area contributed by atoms with E-state index in [-0.39, 0.29) is 0 Å². The van der Waals surface area contributed by atoms with Gasteiger partial charge in [0.25, 0.3) is 0 Å². The summed E-state index contributed by atoms with van der Waals surface area (Å²) in [7, 11) is 5.21. The standard InChI is InChI=1S/C15H21N3O2/c1-5-16-8-11-6-14(19-3)15(20-4)7-13(11)12-9-17-18(2)10-12/h6-7,9-10,16H,5,8H2,1-4H3. The molecular formula is C15H21N3O2. The number of ether oxygens (including phenoxy) is 2. The lowest BCUT2D eigenvalue weighted by molar-refractivity contribution is 0.354. The second-order valence-electron chi connectivity index (χ2n) is 4.55. The lowest BCUT2D eigenvalue weighted by Gasteiger charge is -2.14. The van der Waals surface area contributed by atoms with Crippen LogP contribution in [0.2, 0.25) is 0 Å². The van der Waals surface area contributed by atoms with Crippen LogP contribution in [-0.2, 0) is 13.6 Å². The fourth-order valence-corrected chi connectivity index (χ4v) is 2.16. The highest BCUT2D eigenvalue weighted by atomic mass is 16.5. The maximum absolute atomic E-state index is 5.39.